The molecule has 19 heavy (non-hydrogen) atoms. The van der Waals surface area contributed by atoms with Crippen molar-refractivity contribution in [1.82, 2.24) is 9.88 Å². The molecule has 1 aliphatic rings. The summed E-state index contributed by atoms with van der Waals surface area (Å²) in [5, 5.41) is 9.08. The molecule has 0 saturated heterocycles. The lowest BCUT2D eigenvalue weighted by Gasteiger charge is -2.30. The smallest absolute Gasteiger partial charge is 0.410 e. The van der Waals surface area contributed by atoms with Gasteiger partial charge in [0.25, 0.3) is 0 Å². The number of aliphatic hydroxyl groups excluding tert-OH is 1. The molecule has 5 nitrogen and oxygen atoms in total. The molecule has 0 atom stereocenters. The van der Waals surface area contributed by atoms with Crippen LogP contribution in [0.3, 0.4) is 0 Å². The van der Waals surface area contributed by atoms with Gasteiger partial charge in [-0.1, -0.05) is 6.07 Å². The molecule has 1 amide bonds. The van der Waals surface area contributed by atoms with Crippen LogP contribution in [0, 0.1) is 0 Å². The average Bonchev–Trinajstić information content (AvgIpc) is 2.35. The Morgan fingerprint density at radius 2 is 2.26 bits per heavy atom. The molecule has 0 unspecified atom stereocenters. The molecule has 1 N–H and O–H groups in total. The minimum Gasteiger partial charge on any atom is -0.444 e. The first-order chi connectivity index (χ1) is 8.89. The van der Waals surface area contributed by atoms with E-state index >= 15 is 0 Å². The zero-order chi connectivity index (χ0) is 14.0. The van der Waals surface area contributed by atoms with Crippen molar-refractivity contribution in [3.63, 3.8) is 0 Å². The first-order valence-corrected chi connectivity index (χ1v) is 6.44. The van der Waals surface area contributed by atoms with Crippen LogP contribution >= 0.6 is 0 Å². The van der Waals surface area contributed by atoms with Gasteiger partial charge < -0.3 is 14.7 Å². The fourth-order valence-electron chi connectivity index (χ4n) is 2.03. The van der Waals surface area contributed by atoms with E-state index in [2.05, 4.69) is 4.98 Å². The number of hydrogen-bond acceptors (Lipinski definition) is 4. The number of aliphatic hydroxyl groups is 1. The van der Waals surface area contributed by atoms with E-state index in [1.807, 2.05) is 26.8 Å². The molecule has 0 spiro atoms. The van der Waals surface area contributed by atoms with E-state index < -0.39 is 5.60 Å². The van der Waals surface area contributed by atoms with Gasteiger partial charge in [-0.15, -0.1) is 0 Å². The van der Waals surface area contributed by atoms with E-state index in [-0.39, 0.29) is 12.7 Å². The normalized spacial score (nSPS) is 15.1. The lowest BCUT2D eigenvalue weighted by atomic mass is 10.0. The first-order valence-electron chi connectivity index (χ1n) is 6.44. The Morgan fingerprint density at radius 1 is 1.53 bits per heavy atom. The van der Waals surface area contributed by atoms with Crippen LogP contribution in [0.25, 0.3) is 0 Å². The topological polar surface area (TPSA) is 62.7 Å². The van der Waals surface area contributed by atoms with Gasteiger partial charge in [0.1, 0.15) is 5.60 Å². The van der Waals surface area contributed by atoms with Gasteiger partial charge in [0, 0.05) is 12.7 Å². The fourth-order valence-corrected chi connectivity index (χ4v) is 2.03. The number of hydrogen-bond donors (Lipinski definition) is 1. The predicted octanol–water partition coefficient (Wildman–Crippen LogP) is 1.87. The number of carbonyl (C=O) groups is 1. The Kier molecular flexibility index (Phi) is 3.75. The molecule has 2 rings (SSSR count). The number of pyridine rings is 1. The number of rotatable bonds is 1. The van der Waals surface area contributed by atoms with Crippen LogP contribution < -0.4 is 0 Å². The van der Waals surface area contributed by atoms with E-state index in [0.29, 0.717) is 13.1 Å². The summed E-state index contributed by atoms with van der Waals surface area (Å²) in [6.07, 6.45) is 2.10. The summed E-state index contributed by atoms with van der Waals surface area (Å²) in [6, 6.07) is 1.95. The van der Waals surface area contributed by atoms with Gasteiger partial charge in [0.2, 0.25) is 0 Å². The summed E-state index contributed by atoms with van der Waals surface area (Å²) in [5.41, 5.74) is 2.32. The molecule has 0 saturated carbocycles. The second kappa shape index (κ2) is 5.17. The van der Waals surface area contributed by atoms with Crippen LogP contribution in [-0.4, -0.2) is 33.2 Å². The summed E-state index contributed by atoms with van der Waals surface area (Å²) in [6.45, 7) is 6.65. The number of carbonyl (C=O) groups excluding carboxylic acids is 1. The molecule has 0 bridgehead atoms. The second-order valence-corrected chi connectivity index (χ2v) is 5.76. The van der Waals surface area contributed by atoms with E-state index in [4.69, 9.17) is 9.84 Å². The van der Waals surface area contributed by atoms with Crippen molar-refractivity contribution in [1.29, 1.82) is 0 Å². The zero-order valence-corrected chi connectivity index (χ0v) is 11.6. The van der Waals surface area contributed by atoms with E-state index in [9.17, 15) is 4.79 Å². The van der Waals surface area contributed by atoms with Crippen LogP contribution in [0.5, 0.6) is 0 Å². The summed E-state index contributed by atoms with van der Waals surface area (Å²) in [7, 11) is 0. The van der Waals surface area contributed by atoms with Crippen molar-refractivity contribution in [2.24, 2.45) is 0 Å². The minimum atomic E-state index is -0.481. The minimum absolute atomic E-state index is 0.00391. The second-order valence-electron chi connectivity index (χ2n) is 5.76. The monoisotopic (exact) mass is 264 g/mol. The van der Waals surface area contributed by atoms with Gasteiger partial charge >= 0.3 is 6.09 Å². The predicted molar refractivity (Wildman–Crippen MR) is 70.5 cm³/mol. The van der Waals surface area contributed by atoms with Crippen molar-refractivity contribution in [2.45, 2.75) is 45.9 Å². The van der Waals surface area contributed by atoms with Crippen LogP contribution in [0.15, 0.2) is 12.3 Å². The lowest BCUT2D eigenvalue weighted by molar-refractivity contribution is 0.0221. The molecule has 1 aliphatic heterocycles. The number of nitrogens with zero attached hydrogens (tertiary/aromatic N) is 2. The third kappa shape index (κ3) is 3.44. The van der Waals surface area contributed by atoms with Crippen molar-refractivity contribution < 1.29 is 14.6 Å². The Morgan fingerprint density at radius 3 is 2.89 bits per heavy atom. The molecule has 104 valence electrons. The summed E-state index contributed by atoms with van der Waals surface area (Å²) < 4.78 is 5.36. The highest BCUT2D eigenvalue weighted by Gasteiger charge is 2.26. The third-order valence-electron chi connectivity index (χ3n) is 2.94. The first kappa shape index (κ1) is 13.8. The van der Waals surface area contributed by atoms with Crippen molar-refractivity contribution >= 4 is 6.09 Å². The lowest BCUT2D eigenvalue weighted by Crippen LogP contribution is -2.40. The zero-order valence-electron chi connectivity index (χ0n) is 11.6. The average molecular weight is 264 g/mol. The Labute approximate surface area is 113 Å². The Bertz CT molecular complexity index is 480. The van der Waals surface area contributed by atoms with Gasteiger partial charge in [-0.2, -0.15) is 0 Å². The molecule has 2 heterocycles. The van der Waals surface area contributed by atoms with E-state index in [1.165, 1.54) is 0 Å². The van der Waals surface area contributed by atoms with Gasteiger partial charge in [0.15, 0.2) is 0 Å². The molecular formula is C14H20N2O3. The van der Waals surface area contributed by atoms with Gasteiger partial charge in [-0.3, -0.25) is 4.98 Å². The van der Waals surface area contributed by atoms with Crippen LogP contribution in [0.4, 0.5) is 4.79 Å². The molecule has 0 fully saturated rings. The highest BCUT2D eigenvalue weighted by Crippen LogP contribution is 2.20. The molecule has 0 aliphatic carbocycles. The maximum absolute atomic E-state index is 12.0. The van der Waals surface area contributed by atoms with E-state index in [0.717, 1.165) is 23.2 Å². The number of ether oxygens (including phenoxy) is 1. The Balaban J connectivity index is 2.08. The molecule has 1 aromatic heterocycles. The highest BCUT2D eigenvalue weighted by atomic mass is 16.6. The van der Waals surface area contributed by atoms with Crippen molar-refractivity contribution in [3.05, 3.63) is 29.1 Å². The molecule has 0 aromatic carbocycles. The quantitative estimate of drug-likeness (QED) is 0.841. The van der Waals surface area contributed by atoms with Gasteiger partial charge in [0.05, 0.1) is 18.8 Å². The maximum atomic E-state index is 12.0. The van der Waals surface area contributed by atoms with Gasteiger partial charge in [-0.05, 0) is 38.3 Å². The summed E-state index contributed by atoms with van der Waals surface area (Å²) >= 11 is 0. The molecule has 1 aromatic rings. The standard InChI is InChI=1S/C14H20N2O3/c1-14(2,3)19-13(18)16-5-4-11-6-10(9-17)7-15-12(11)8-16/h6-7,17H,4-5,8-9H2,1-3H3. The summed E-state index contributed by atoms with van der Waals surface area (Å²) in [5.74, 6) is 0. The summed E-state index contributed by atoms with van der Waals surface area (Å²) in [4.78, 5) is 18.0. The Hall–Kier alpha value is -1.62. The molecular weight excluding hydrogens is 244 g/mol. The van der Waals surface area contributed by atoms with Crippen LogP contribution in [0.1, 0.15) is 37.6 Å². The third-order valence-corrected chi connectivity index (χ3v) is 2.94. The highest BCUT2D eigenvalue weighted by molar-refractivity contribution is 5.68. The fraction of sp³-hybridized carbons (Fsp3) is 0.571. The van der Waals surface area contributed by atoms with Crippen LogP contribution in [-0.2, 0) is 24.3 Å². The van der Waals surface area contributed by atoms with Gasteiger partial charge in [-0.25, -0.2) is 4.79 Å². The maximum Gasteiger partial charge on any atom is 0.410 e. The largest absolute Gasteiger partial charge is 0.444 e. The molecule has 0 radical (unpaired) electrons. The van der Waals surface area contributed by atoms with E-state index in [1.54, 1.807) is 11.1 Å². The van der Waals surface area contributed by atoms with Crippen molar-refractivity contribution in [2.75, 3.05) is 6.54 Å². The number of amides is 1. The van der Waals surface area contributed by atoms with Crippen molar-refractivity contribution in [3.8, 4) is 0 Å². The SMILES string of the molecule is CC(C)(C)OC(=O)N1CCc2cc(CO)cnc2C1. The van der Waals surface area contributed by atoms with Crippen LogP contribution in [0.2, 0.25) is 0 Å². The molecule has 5 heteroatoms. The number of aromatic nitrogens is 1. The number of fused-ring (bicyclic) bond motifs is 1.